The third-order valence-corrected chi connectivity index (χ3v) is 3.93. The number of rotatable bonds is 11. The van der Waals surface area contributed by atoms with Gasteiger partial charge in [-0.25, -0.2) is 0 Å². The summed E-state index contributed by atoms with van der Waals surface area (Å²) in [5.74, 6) is 1.66. The topological polar surface area (TPSA) is 67.1 Å². The molecule has 0 aliphatic rings. The average Bonchev–Trinajstić information content (AvgIpc) is 3.06. The van der Waals surface area contributed by atoms with Gasteiger partial charge in [0.2, 0.25) is 0 Å². The quantitative estimate of drug-likeness (QED) is 0.374. The SMILES string of the molecule is CCCCC(CC)CNC(=NC)NCCCCn1cnnc1. The predicted octanol–water partition coefficient (Wildman–Crippen LogP) is 2.44. The van der Waals surface area contributed by atoms with Gasteiger partial charge >= 0.3 is 0 Å². The van der Waals surface area contributed by atoms with Crippen LogP contribution in [0.25, 0.3) is 0 Å². The summed E-state index contributed by atoms with van der Waals surface area (Å²) in [6.45, 7) is 7.43. The number of nitrogens with one attached hydrogen (secondary N) is 2. The van der Waals surface area contributed by atoms with Gasteiger partial charge in [-0.3, -0.25) is 4.99 Å². The third kappa shape index (κ3) is 8.00. The molecule has 0 aliphatic carbocycles. The van der Waals surface area contributed by atoms with E-state index in [2.05, 4.69) is 39.7 Å². The van der Waals surface area contributed by atoms with Gasteiger partial charge in [-0.15, -0.1) is 10.2 Å². The van der Waals surface area contributed by atoms with Crippen molar-refractivity contribution >= 4 is 5.96 Å². The molecule has 1 unspecified atom stereocenters. The molecule has 6 heteroatoms. The van der Waals surface area contributed by atoms with Crippen molar-refractivity contribution in [3.05, 3.63) is 12.7 Å². The van der Waals surface area contributed by atoms with Gasteiger partial charge in [0.05, 0.1) is 0 Å². The number of aromatic nitrogens is 3. The van der Waals surface area contributed by atoms with Gasteiger partial charge in [0.25, 0.3) is 0 Å². The minimum absolute atomic E-state index is 0.743. The van der Waals surface area contributed by atoms with Crippen LogP contribution in [0.5, 0.6) is 0 Å². The fraction of sp³-hybridized carbons (Fsp3) is 0.812. The normalized spacial score (nSPS) is 13.1. The van der Waals surface area contributed by atoms with Crippen LogP contribution in [-0.2, 0) is 6.54 Å². The zero-order chi connectivity index (χ0) is 16.0. The van der Waals surface area contributed by atoms with E-state index in [0.29, 0.717) is 0 Å². The van der Waals surface area contributed by atoms with E-state index in [1.165, 1.54) is 25.7 Å². The molecule has 0 aromatic carbocycles. The summed E-state index contributed by atoms with van der Waals surface area (Å²) in [5.41, 5.74) is 0. The molecule has 0 radical (unpaired) electrons. The van der Waals surface area contributed by atoms with Gasteiger partial charge in [0.15, 0.2) is 5.96 Å². The van der Waals surface area contributed by atoms with Crippen molar-refractivity contribution < 1.29 is 0 Å². The minimum atomic E-state index is 0.743. The second-order valence-electron chi connectivity index (χ2n) is 5.70. The highest BCUT2D eigenvalue weighted by Gasteiger charge is 2.06. The Morgan fingerprint density at radius 1 is 1.14 bits per heavy atom. The Hall–Kier alpha value is -1.59. The molecule has 0 saturated heterocycles. The lowest BCUT2D eigenvalue weighted by Crippen LogP contribution is -2.40. The smallest absolute Gasteiger partial charge is 0.190 e. The second-order valence-corrected chi connectivity index (χ2v) is 5.70. The van der Waals surface area contributed by atoms with Crippen LogP contribution in [0.4, 0.5) is 0 Å². The van der Waals surface area contributed by atoms with Crippen molar-refractivity contribution in [2.24, 2.45) is 10.9 Å². The Morgan fingerprint density at radius 3 is 2.55 bits per heavy atom. The van der Waals surface area contributed by atoms with Crippen molar-refractivity contribution in [1.82, 2.24) is 25.4 Å². The molecule has 6 nitrogen and oxygen atoms in total. The number of aliphatic imine (C=N–C) groups is 1. The second kappa shape index (κ2) is 12.0. The Bertz CT molecular complexity index is 387. The summed E-state index contributed by atoms with van der Waals surface area (Å²) in [4.78, 5) is 4.29. The van der Waals surface area contributed by atoms with E-state index in [4.69, 9.17) is 0 Å². The maximum absolute atomic E-state index is 4.29. The van der Waals surface area contributed by atoms with Crippen LogP contribution in [-0.4, -0.2) is 40.9 Å². The van der Waals surface area contributed by atoms with Crippen molar-refractivity contribution in [1.29, 1.82) is 0 Å². The molecule has 1 rings (SSSR count). The van der Waals surface area contributed by atoms with E-state index < -0.39 is 0 Å². The van der Waals surface area contributed by atoms with Crippen molar-refractivity contribution in [2.75, 3.05) is 20.1 Å². The van der Waals surface area contributed by atoms with Crippen LogP contribution in [0.1, 0.15) is 52.4 Å². The summed E-state index contributed by atoms with van der Waals surface area (Å²) >= 11 is 0. The standard InChI is InChI=1S/C16H32N6/c1-4-6-9-15(5-2)12-19-16(17-3)18-10-7-8-11-22-13-20-21-14-22/h13-15H,4-12H2,1-3H3,(H2,17,18,19). The zero-order valence-corrected chi connectivity index (χ0v) is 14.4. The van der Waals surface area contributed by atoms with Gasteiger partial charge in [-0.1, -0.05) is 33.1 Å². The molecular weight excluding hydrogens is 276 g/mol. The van der Waals surface area contributed by atoms with E-state index in [0.717, 1.165) is 44.4 Å². The first-order chi connectivity index (χ1) is 10.8. The maximum Gasteiger partial charge on any atom is 0.190 e. The largest absolute Gasteiger partial charge is 0.356 e. The molecule has 0 bridgehead atoms. The summed E-state index contributed by atoms with van der Waals surface area (Å²) < 4.78 is 2.01. The molecule has 0 spiro atoms. The molecule has 0 fully saturated rings. The first-order valence-electron chi connectivity index (χ1n) is 8.57. The van der Waals surface area contributed by atoms with Crippen LogP contribution in [0, 0.1) is 5.92 Å². The Kier molecular flexibility index (Phi) is 10.1. The van der Waals surface area contributed by atoms with Crippen molar-refractivity contribution in [3.8, 4) is 0 Å². The Labute approximate surface area is 134 Å². The highest BCUT2D eigenvalue weighted by atomic mass is 15.2. The molecule has 1 aromatic heterocycles. The number of aryl methyl sites for hydroxylation is 1. The van der Waals surface area contributed by atoms with E-state index in [9.17, 15) is 0 Å². The maximum atomic E-state index is 4.29. The third-order valence-electron chi connectivity index (χ3n) is 3.93. The average molecular weight is 308 g/mol. The van der Waals surface area contributed by atoms with Crippen LogP contribution < -0.4 is 10.6 Å². The molecule has 1 heterocycles. The van der Waals surface area contributed by atoms with Crippen LogP contribution in [0.3, 0.4) is 0 Å². The molecule has 1 atom stereocenters. The molecule has 0 aliphatic heterocycles. The Morgan fingerprint density at radius 2 is 1.91 bits per heavy atom. The van der Waals surface area contributed by atoms with Gasteiger partial charge in [-0.05, 0) is 25.2 Å². The number of hydrogen-bond donors (Lipinski definition) is 2. The van der Waals surface area contributed by atoms with Gasteiger partial charge < -0.3 is 15.2 Å². The molecule has 22 heavy (non-hydrogen) atoms. The summed E-state index contributed by atoms with van der Waals surface area (Å²) in [6.07, 6.45) is 10.8. The van der Waals surface area contributed by atoms with Gasteiger partial charge in [0, 0.05) is 26.7 Å². The van der Waals surface area contributed by atoms with Gasteiger partial charge in [0.1, 0.15) is 12.7 Å². The van der Waals surface area contributed by atoms with Crippen LogP contribution in [0.2, 0.25) is 0 Å². The van der Waals surface area contributed by atoms with E-state index in [1.807, 2.05) is 11.6 Å². The molecular formula is C16H32N6. The molecule has 2 N–H and O–H groups in total. The zero-order valence-electron chi connectivity index (χ0n) is 14.4. The molecule has 0 saturated carbocycles. The fourth-order valence-corrected chi connectivity index (χ4v) is 2.37. The molecule has 1 aromatic rings. The van der Waals surface area contributed by atoms with E-state index in [-0.39, 0.29) is 0 Å². The van der Waals surface area contributed by atoms with Crippen LogP contribution >= 0.6 is 0 Å². The van der Waals surface area contributed by atoms with Crippen LogP contribution in [0.15, 0.2) is 17.6 Å². The fourth-order valence-electron chi connectivity index (χ4n) is 2.37. The summed E-state index contributed by atoms with van der Waals surface area (Å²) in [5, 5.41) is 14.4. The lowest BCUT2D eigenvalue weighted by molar-refractivity contribution is 0.443. The number of hydrogen-bond acceptors (Lipinski definition) is 3. The van der Waals surface area contributed by atoms with E-state index in [1.54, 1.807) is 12.7 Å². The van der Waals surface area contributed by atoms with Gasteiger partial charge in [-0.2, -0.15) is 0 Å². The lowest BCUT2D eigenvalue weighted by atomic mass is 9.99. The van der Waals surface area contributed by atoms with E-state index >= 15 is 0 Å². The summed E-state index contributed by atoms with van der Waals surface area (Å²) in [7, 11) is 1.83. The molecule has 0 amide bonds. The minimum Gasteiger partial charge on any atom is -0.356 e. The lowest BCUT2D eigenvalue weighted by Gasteiger charge is -2.18. The predicted molar refractivity (Wildman–Crippen MR) is 91.9 cm³/mol. The first kappa shape index (κ1) is 18.5. The highest BCUT2D eigenvalue weighted by Crippen LogP contribution is 2.10. The summed E-state index contributed by atoms with van der Waals surface area (Å²) in [6, 6.07) is 0. The number of guanidine groups is 1. The van der Waals surface area contributed by atoms with Crippen molar-refractivity contribution in [2.45, 2.75) is 58.9 Å². The molecule has 126 valence electrons. The Balaban J connectivity index is 2.11. The number of nitrogens with zero attached hydrogens (tertiary/aromatic N) is 4. The highest BCUT2D eigenvalue weighted by molar-refractivity contribution is 5.79. The number of unbranched alkanes of at least 4 members (excludes halogenated alkanes) is 2. The van der Waals surface area contributed by atoms with Crippen molar-refractivity contribution in [3.63, 3.8) is 0 Å². The monoisotopic (exact) mass is 308 g/mol. The first-order valence-corrected chi connectivity index (χ1v) is 8.57.